The predicted octanol–water partition coefficient (Wildman–Crippen LogP) is 2.93. The van der Waals surface area contributed by atoms with Crippen LogP contribution in [0.15, 0.2) is 24.3 Å². The molecule has 0 heterocycles. The van der Waals surface area contributed by atoms with Crippen LogP contribution in [-0.4, -0.2) is 6.41 Å². The van der Waals surface area contributed by atoms with Gasteiger partial charge in [-0.2, -0.15) is 0 Å². The third kappa shape index (κ3) is 3.98. The summed E-state index contributed by atoms with van der Waals surface area (Å²) in [6, 6.07) is 6.96. The molecule has 66 valence electrons. The molecule has 0 bridgehead atoms. The lowest BCUT2D eigenvalue weighted by Crippen LogP contribution is -1.92. The van der Waals surface area contributed by atoms with E-state index in [2.05, 4.69) is 5.32 Å². The van der Waals surface area contributed by atoms with Crippen LogP contribution in [0.3, 0.4) is 0 Å². The largest absolute Gasteiger partial charge is 0.329 e. The number of carbonyl (C=O) groups excluding carboxylic acids is 1. The summed E-state index contributed by atoms with van der Waals surface area (Å²) in [6.07, 6.45) is 0.617. The first-order chi connectivity index (χ1) is 5.83. The minimum atomic E-state index is 0.617. The molecule has 0 aliphatic carbocycles. The number of carbonyl (C=O) groups is 1. The third-order valence-corrected chi connectivity index (χ3v) is 1.29. The van der Waals surface area contributed by atoms with Gasteiger partial charge in [0.15, 0.2) is 0 Å². The van der Waals surface area contributed by atoms with Gasteiger partial charge in [-0.25, -0.2) is 0 Å². The molecule has 12 heavy (non-hydrogen) atoms. The van der Waals surface area contributed by atoms with Crippen molar-refractivity contribution in [3.05, 3.63) is 29.3 Å². The number of halogens is 1. The van der Waals surface area contributed by atoms with Gasteiger partial charge >= 0.3 is 0 Å². The highest BCUT2D eigenvalue weighted by molar-refractivity contribution is 6.30. The number of nitrogens with one attached hydrogen (secondary N) is 1. The fourth-order valence-electron chi connectivity index (χ4n) is 0.646. The summed E-state index contributed by atoms with van der Waals surface area (Å²) < 4.78 is 0. The van der Waals surface area contributed by atoms with E-state index in [1.165, 1.54) is 0 Å². The van der Waals surface area contributed by atoms with Crippen LogP contribution in [0.1, 0.15) is 13.8 Å². The number of hydrogen-bond acceptors (Lipinski definition) is 1. The second-order valence-electron chi connectivity index (χ2n) is 1.77. The summed E-state index contributed by atoms with van der Waals surface area (Å²) in [5, 5.41) is 3.10. The Labute approximate surface area is 77.5 Å². The van der Waals surface area contributed by atoms with Crippen LogP contribution in [0, 0.1) is 0 Å². The van der Waals surface area contributed by atoms with E-state index < -0.39 is 0 Å². The van der Waals surface area contributed by atoms with Crippen LogP contribution in [0.5, 0.6) is 0 Å². The number of rotatable bonds is 2. The summed E-state index contributed by atoms with van der Waals surface area (Å²) in [7, 11) is 0. The highest BCUT2D eigenvalue weighted by atomic mass is 35.5. The van der Waals surface area contributed by atoms with Crippen molar-refractivity contribution in [3.8, 4) is 0 Å². The van der Waals surface area contributed by atoms with E-state index in [4.69, 9.17) is 11.6 Å². The summed E-state index contributed by atoms with van der Waals surface area (Å²) >= 11 is 5.62. The maximum absolute atomic E-state index is 9.93. The van der Waals surface area contributed by atoms with Crippen LogP contribution in [0.25, 0.3) is 0 Å². The molecule has 1 aromatic rings. The molecule has 0 radical (unpaired) electrons. The van der Waals surface area contributed by atoms with E-state index in [1.54, 1.807) is 24.3 Å². The van der Waals surface area contributed by atoms with Gasteiger partial charge in [-0.3, -0.25) is 4.79 Å². The van der Waals surface area contributed by atoms with Crippen molar-refractivity contribution < 1.29 is 4.79 Å². The van der Waals surface area contributed by atoms with Crippen molar-refractivity contribution in [2.45, 2.75) is 13.8 Å². The number of amides is 1. The molecule has 0 fully saturated rings. The van der Waals surface area contributed by atoms with E-state index in [-0.39, 0.29) is 0 Å². The molecule has 2 nitrogen and oxygen atoms in total. The monoisotopic (exact) mass is 185 g/mol. The van der Waals surface area contributed by atoms with Gasteiger partial charge in [0.2, 0.25) is 6.41 Å². The molecule has 3 heteroatoms. The molecule has 0 atom stereocenters. The lowest BCUT2D eigenvalue weighted by molar-refractivity contribution is -0.105. The second-order valence-corrected chi connectivity index (χ2v) is 2.21. The topological polar surface area (TPSA) is 29.1 Å². The summed E-state index contributed by atoms with van der Waals surface area (Å²) in [5.74, 6) is 0. The number of anilines is 1. The number of hydrogen-bond donors (Lipinski definition) is 1. The van der Waals surface area contributed by atoms with Gasteiger partial charge in [0, 0.05) is 10.7 Å². The van der Waals surface area contributed by atoms with Crippen molar-refractivity contribution in [1.82, 2.24) is 0 Å². The molecule has 1 amide bonds. The Bertz CT molecular complexity index is 238. The zero-order valence-electron chi connectivity index (χ0n) is 7.17. The van der Waals surface area contributed by atoms with Gasteiger partial charge in [0.1, 0.15) is 0 Å². The molecular weight excluding hydrogens is 174 g/mol. The van der Waals surface area contributed by atoms with Crippen molar-refractivity contribution in [2.24, 2.45) is 0 Å². The van der Waals surface area contributed by atoms with Crippen molar-refractivity contribution >= 4 is 23.7 Å². The minimum Gasteiger partial charge on any atom is -0.329 e. The van der Waals surface area contributed by atoms with Crippen molar-refractivity contribution in [3.63, 3.8) is 0 Å². The summed E-state index contributed by atoms with van der Waals surface area (Å²) in [6.45, 7) is 4.00. The SMILES string of the molecule is CC.O=CNc1cccc(Cl)c1. The molecule has 0 spiro atoms. The quantitative estimate of drug-likeness (QED) is 0.706. The fraction of sp³-hybridized carbons (Fsp3) is 0.222. The van der Waals surface area contributed by atoms with Crippen LogP contribution >= 0.6 is 11.6 Å². The van der Waals surface area contributed by atoms with E-state index >= 15 is 0 Å². The van der Waals surface area contributed by atoms with Crippen LogP contribution < -0.4 is 5.32 Å². The molecule has 0 saturated carbocycles. The molecule has 1 rings (SSSR count). The molecule has 1 N–H and O–H groups in total. The number of benzene rings is 1. The zero-order chi connectivity index (χ0) is 9.40. The predicted molar refractivity (Wildman–Crippen MR) is 52.5 cm³/mol. The Hall–Kier alpha value is -1.02. The van der Waals surface area contributed by atoms with E-state index in [9.17, 15) is 4.79 Å². The summed E-state index contributed by atoms with van der Waals surface area (Å²) in [4.78, 5) is 9.93. The first kappa shape index (κ1) is 11.0. The standard InChI is InChI=1S/C7H6ClNO.C2H6/c8-6-2-1-3-7(4-6)9-5-10;1-2/h1-5H,(H,9,10);1-2H3. The van der Waals surface area contributed by atoms with Gasteiger partial charge in [-0.1, -0.05) is 31.5 Å². The molecule has 0 aliphatic heterocycles. The molecule has 0 saturated heterocycles. The minimum absolute atomic E-state index is 0.617. The maximum Gasteiger partial charge on any atom is 0.211 e. The average Bonchev–Trinajstić information content (AvgIpc) is 2.09. The Morgan fingerprint density at radius 1 is 1.42 bits per heavy atom. The summed E-state index contributed by atoms with van der Waals surface area (Å²) in [5.41, 5.74) is 0.711. The Morgan fingerprint density at radius 2 is 2.08 bits per heavy atom. The zero-order valence-corrected chi connectivity index (χ0v) is 7.93. The van der Waals surface area contributed by atoms with Gasteiger partial charge in [-0.15, -0.1) is 0 Å². The molecular formula is C9H12ClNO. The molecule has 0 unspecified atom stereocenters. The Balaban J connectivity index is 0.000000561. The molecule has 1 aromatic carbocycles. The third-order valence-electron chi connectivity index (χ3n) is 1.05. The van der Waals surface area contributed by atoms with Crippen LogP contribution in [0.4, 0.5) is 5.69 Å². The van der Waals surface area contributed by atoms with Gasteiger partial charge in [0.25, 0.3) is 0 Å². The fourth-order valence-corrected chi connectivity index (χ4v) is 0.837. The Kier molecular flexibility index (Phi) is 6.11. The average molecular weight is 186 g/mol. The van der Waals surface area contributed by atoms with E-state index in [0.717, 1.165) is 0 Å². The molecule has 0 aromatic heterocycles. The van der Waals surface area contributed by atoms with Gasteiger partial charge in [-0.05, 0) is 18.2 Å². The normalized spacial score (nSPS) is 7.92. The molecule has 0 aliphatic rings. The van der Waals surface area contributed by atoms with Crippen molar-refractivity contribution in [2.75, 3.05) is 5.32 Å². The maximum atomic E-state index is 9.93. The van der Waals surface area contributed by atoms with Crippen LogP contribution in [0.2, 0.25) is 5.02 Å². The second kappa shape index (κ2) is 6.68. The first-order valence-corrected chi connectivity index (χ1v) is 4.16. The lowest BCUT2D eigenvalue weighted by atomic mass is 10.3. The lowest BCUT2D eigenvalue weighted by Gasteiger charge is -1.96. The van der Waals surface area contributed by atoms with Gasteiger partial charge < -0.3 is 5.32 Å². The smallest absolute Gasteiger partial charge is 0.211 e. The van der Waals surface area contributed by atoms with Crippen LogP contribution in [-0.2, 0) is 4.79 Å². The highest BCUT2D eigenvalue weighted by Gasteiger charge is 1.88. The van der Waals surface area contributed by atoms with Crippen molar-refractivity contribution in [1.29, 1.82) is 0 Å². The Morgan fingerprint density at radius 3 is 2.58 bits per heavy atom. The van der Waals surface area contributed by atoms with Gasteiger partial charge in [0.05, 0.1) is 0 Å². The van der Waals surface area contributed by atoms with E-state index in [0.29, 0.717) is 17.1 Å². The highest BCUT2D eigenvalue weighted by Crippen LogP contribution is 2.13. The van der Waals surface area contributed by atoms with E-state index in [1.807, 2.05) is 13.8 Å². The first-order valence-electron chi connectivity index (χ1n) is 3.78.